The lowest BCUT2D eigenvalue weighted by Gasteiger charge is -2.05. The van der Waals surface area contributed by atoms with Gasteiger partial charge in [-0.1, -0.05) is 77.5 Å². The predicted molar refractivity (Wildman–Crippen MR) is 152 cm³/mol. The molecule has 7 nitrogen and oxygen atoms in total. The van der Waals surface area contributed by atoms with Gasteiger partial charge in [0.05, 0.1) is 22.4 Å². The fourth-order valence-electron chi connectivity index (χ4n) is 4.04. The maximum atomic E-state index is 13.2. The summed E-state index contributed by atoms with van der Waals surface area (Å²) >= 11 is 7.70. The summed E-state index contributed by atoms with van der Waals surface area (Å²) in [5, 5.41) is 9.70. The predicted octanol–water partition coefficient (Wildman–Crippen LogP) is 5.38. The van der Waals surface area contributed by atoms with Gasteiger partial charge in [0.1, 0.15) is 11.4 Å². The van der Waals surface area contributed by atoms with E-state index in [1.807, 2.05) is 91.1 Å². The van der Waals surface area contributed by atoms with Crippen LogP contribution in [0.25, 0.3) is 40.1 Å². The molecule has 38 heavy (non-hydrogen) atoms. The van der Waals surface area contributed by atoms with E-state index in [4.69, 9.17) is 21.4 Å². The molecule has 6 rings (SSSR count). The minimum absolute atomic E-state index is 0.233. The van der Waals surface area contributed by atoms with Gasteiger partial charge in [-0.15, -0.1) is 5.10 Å². The average Bonchev–Trinajstić information content (AvgIpc) is 3.63. The smallest absolute Gasteiger partial charge is 0.291 e. The number of rotatable bonds is 6. The van der Waals surface area contributed by atoms with Gasteiger partial charge in [-0.05, 0) is 48.0 Å². The van der Waals surface area contributed by atoms with Crippen molar-refractivity contribution in [1.29, 1.82) is 0 Å². The van der Waals surface area contributed by atoms with Gasteiger partial charge in [0.15, 0.2) is 5.82 Å². The van der Waals surface area contributed by atoms with Crippen molar-refractivity contribution in [2.45, 2.75) is 0 Å². The second kappa shape index (κ2) is 10.1. The monoisotopic (exact) mass is 537 g/mol. The third kappa shape index (κ3) is 4.63. The molecule has 0 aliphatic heterocycles. The second-order valence-corrected chi connectivity index (χ2v) is 9.80. The molecule has 6 aromatic rings. The van der Waals surface area contributed by atoms with Crippen molar-refractivity contribution >= 4 is 46.1 Å². The lowest BCUT2D eigenvalue weighted by molar-refractivity contribution is 0.415. The van der Waals surface area contributed by atoms with Gasteiger partial charge in [0.2, 0.25) is 4.96 Å². The van der Waals surface area contributed by atoms with E-state index < -0.39 is 0 Å². The molecule has 0 radical (unpaired) electrons. The van der Waals surface area contributed by atoms with Crippen molar-refractivity contribution in [3.05, 3.63) is 122 Å². The van der Waals surface area contributed by atoms with Gasteiger partial charge in [0.25, 0.3) is 5.56 Å². The first-order valence-corrected chi connectivity index (χ1v) is 12.9. The molecule has 3 aromatic heterocycles. The second-order valence-electron chi connectivity index (χ2n) is 8.39. The number of para-hydroxylation sites is 1. The van der Waals surface area contributed by atoms with Crippen LogP contribution in [0.4, 0.5) is 0 Å². The normalized spacial score (nSPS) is 12.1. The summed E-state index contributed by atoms with van der Waals surface area (Å²) in [6.07, 6.45) is 7.43. The number of nitrogens with zero attached hydrogens (tertiary/aromatic N) is 5. The largest absolute Gasteiger partial charge is 0.495 e. The number of methoxy groups -OCH3 is 1. The zero-order chi connectivity index (χ0) is 26.1. The summed E-state index contributed by atoms with van der Waals surface area (Å²) < 4.78 is 8.93. The highest BCUT2D eigenvalue weighted by atomic mass is 35.5. The van der Waals surface area contributed by atoms with E-state index in [1.54, 1.807) is 23.9 Å². The van der Waals surface area contributed by atoms with E-state index in [9.17, 15) is 4.79 Å². The molecule has 0 aliphatic rings. The standard InChI is InChI=1S/C29H20ClN5O2S/c1-37-24-14-13-20(16-23(24)30)27-21(18-34(33-27)22-10-6-3-7-11-22)17-25-28(36)35-29(38-25)31-26(32-35)15-12-19-8-4-2-5-9-19/h2-18H,1H3/b15-12+,25-17-. The summed E-state index contributed by atoms with van der Waals surface area (Å²) in [6, 6.07) is 25.1. The van der Waals surface area contributed by atoms with Gasteiger partial charge >= 0.3 is 0 Å². The summed E-state index contributed by atoms with van der Waals surface area (Å²) in [5.41, 5.74) is 3.95. The third-order valence-corrected chi connectivity index (χ3v) is 7.15. The molecule has 0 bridgehead atoms. The van der Waals surface area contributed by atoms with Gasteiger partial charge in [-0.25, -0.2) is 4.68 Å². The molecule has 0 amide bonds. The lowest BCUT2D eigenvalue weighted by atomic mass is 10.1. The van der Waals surface area contributed by atoms with E-state index >= 15 is 0 Å². The molecule has 0 N–H and O–H groups in total. The van der Waals surface area contributed by atoms with E-state index in [-0.39, 0.29) is 5.56 Å². The van der Waals surface area contributed by atoms with Crippen LogP contribution in [0.2, 0.25) is 5.02 Å². The Bertz CT molecular complexity index is 1890. The summed E-state index contributed by atoms with van der Waals surface area (Å²) in [4.78, 5) is 18.3. The summed E-state index contributed by atoms with van der Waals surface area (Å²) in [7, 11) is 1.57. The summed E-state index contributed by atoms with van der Waals surface area (Å²) in [5.74, 6) is 1.06. The Labute approximate surface area is 226 Å². The van der Waals surface area contributed by atoms with Crippen molar-refractivity contribution in [2.75, 3.05) is 7.11 Å². The molecule has 0 atom stereocenters. The zero-order valence-corrected chi connectivity index (χ0v) is 21.7. The maximum Gasteiger partial charge on any atom is 0.291 e. The SMILES string of the molecule is COc1ccc(-c2nn(-c3ccccc3)cc2/C=c2\sc3nc(/C=C/c4ccccc4)nn3c2=O)cc1Cl. The van der Waals surface area contributed by atoms with Crippen LogP contribution in [-0.2, 0) is 0 Å². The number of hydrogen-bond acceptors (Lipinski definition) is 6. The van der Waals surface area contributed by atoms with Gasteiger partial charge < -0.3 is 4.74 Å². The molecule has 0 aliphatic carbocycles. The number of halogens is 1. The molecule has 3 aromatic carbocycles. The molecule has 0 spiro atoms. The fraction of sp³-hybridized carbons (Fsp3) is 0.0345. The van der Waals surface area contributed by atoms with Crippen LogP contribution in [-0.4, -0.2) is 31.5 Å². The van der Waals surface area contributed by atoms with Gasteiger partial charge in [-0.2, -0.15) is 14.6 Å². The first-order chi connectivity index (χ1) is 18.6. The molecule has 3 heterocycles. The number of benzene rings is 3. The minimum atomic E-state index is -0.233. The van der Waals surface area contributed by atoms with Gasteiger partial charge in [-0.3, -0.25) is 4.79 Å². The quantitative estimate of drug-likeness (QED) is 0.285. The van der Waals surface area contributed by atoms with Crippen molar-refractivity contribution in [2.24, 2.45) is 0 Å². The highest BCUT2D eigenvalue weighted by Gasteiger charge is 2.15. The Morgan fingerprint density at radius 3 is 2.42 bits per heavy atom. The molecular weight excluding hydrogens is 518 g/mol. The lowest BCUT2D eigenvalue weighted by Crippen LogP contribution is -2.23. The van der Waals surface area contributed by atoms with Crippen molar-refractivity contribution in [1.82, 2.24) is 24.4 Å². The first-order valence-electron chi connectivity index (χ1n) is 11.7. The Kier molecular flexibility index (Phi) is 6.33. The number of ether oxygens (including phenoxy) is 1. The van der Waals surface area contributed by atoms with E-state index in [1.165, 1.54) is 15.9 Å². The molecule has 0 fully saturated rings. The highest BCUT2D eigenvalue weighted by Crippen LogP contribution is 2.32. The van der Waals surface area contributed by atoms with Crippen LogP contribution in [0.15, 0.2) is 89.9 Å². The molecule has 0 saturated heterocycles. The topological polar surface area (TPSA) is 74.3 Å². The number of hydrogen-bond donors (Lipinski definition) is 0. The van der Waals surface area contributed by atoms with E-state index in [0.717, 1.165) is 22.4 Å². The molecule has 0 unspecified atom stereocenters. The fourth-order valence-corrected chi connectivity index (χ4v) is 5.20. The number of fused-ring (bicyclic) bond motifs is 1. The molecular formula is C29H20ClN5O2S. The maximum absolute atomic E-state index is 13.2. The van der Waals surface area contributed by atoms with Crippen molar-refractivity contribution < 1.29 is 4.74 Å². The van der Waals surface area contributed by atoms with Crippen LogP contribution in [0.3, 0.4) is 0 Å². The van der Waals surface area contributed by atoms with E-state index in [2.05, 4.69) is 10.1 Å². The van der Waals surface area contributed by atoms with E-state index in [0.29, 0.717) is 31.8 Å². The van der Waals surface area contributed by atoms with Gasteiger partial charge in [0, 0.05) is 17.3 Å². The molecule has 186 valence electrons. The minimum Gasteiger partial charge on any atom is -0.495 e. The van der Waals surface area contributed by atoms with Crippen LogP contribution >= 0.6 is 22.9 Å². The Hall–Kier alpha value is -4.53. The van der Waals surface area contributed by atoms with Crippen molar-refractivity contribution in [3.63, 3.8) is 0 Å². The van der Waals surface area contributed by atoms with Crippen LogP contribution in [0.1, 0.15) is 17.0 Å². The molecule has 0 saturated carbocycles. The van der Waals surface area contributed by atoms with Crippen LogP contribution in [0.5, 0.6) is 5.75 Å². The average molecular weight is 538 g/mol. The first kappa shape index (κ1) is 23.8. The molecule has 9 heteroatoms. The third-order valence-electron chi connectivity index (χ3n) is 5.90. The van der Waals surface area contributed by atoms with Crippen LogP contribution < -0.4 is 14.8 Å². The van der Waals surface area contributed by atoms with Crippen molar-refractivity contribution in [3.8, 4) is 22.7 Å². The zero-order valence-electron chi connectivity index (χ0n) is 20.2. The number of aromatic nitrogens is 5. The Balaban J connectivity index is 1.43. The van der Waals surface area contributed by atoms with Crippen LogP contribution in [0, 0.1) is 0 Å². The number of thiazole rings is 1. The Morgan fingerprint density at radius 2 is 1.71 bits per heavy atom. The summed E-state index contributed by atoms with van der Waals surface area (Å²) in [6.45, 7) is 0. The highest BCUT2D eigenvalue weighted by molar-refractivity contribution is 7.15. The Morgan fingerprint density at radius 1 is 0.947 bits per heavy atom.